The number of aryl methyl sites for hydroxylation is 1. The fraction of sp³-hybridized carbons (Fsp3) is 0.409. The van der Waals surface area contributed by atoms with Gasteiger partial charge in [-0.2, -0.15) is 4.31 Å². The molecule has 2 aromatic carbocycles. The van der Waals surface area contributed by atoms with Gasteiger partial charge in [0, 0.05) is 13.1 Å². The van der Waals surface area contributed by atoms with E-state index in [0.29, 0.717) is 43.3 Å². The van der Waals surface area contributed by atoms with E-state index in [-0.39, 0.29) is 17.4 Å². The number of para-hydroxylation sites is 2. The molecule has 2 aromatic rings. The first-order valence-corrected chi connectivity index (χ1v) is 11.7. The Labute approximate surface area is 177 Å². The maximum absolute atomic E-state index is 12.9. The summed E-state index contributed by atoms with van der Waals surface area (Å²) >= 11 is 0. The van der Waals surface area contributed by atoms with E-state index in [0.717, 1.165) is 24.9 Å². The maximum atomic E-state index is 12.9. The van der Waals surface area contributed by atoms with E-state index in [1.54, 1.807) is 34.3 Å². The van der Waals surface area contributed by atoms with E-state index >= 15 is 0 Å². The number of anilines is 1. The minimum absolute atomic E-state index is 0.132. The van der Waals surface area contributed by atoms with Crippen molar-refractivity contribution >= 4 is 21.6 Å². The normalized spacial score (nSPS) is 17.2. The highest BCUT2D eigenvalue weighted by Crippen LogP contribution is 2.31. The van der Waals surface area contributed by atoms with Gasteiger partial charge in [-0.25, -0.2) is 8.42 Å². The summed E-state index contributed by atoms with van der Waals surface area (Å²) in [5, 5.41) is 0. The zero-order chi connectivity index (χ0) is 21.1. The fourth-order valence-electron chi connectivity index (χ4n) is 3.84. The number of fused-ring (bicyclic) bond motifs is 1. The molecule has 0 aromatic heterocycles. The third-order valence-electron chi connectivity index (χ3n) is 5.48. The number of sulfonamides is 1. The molecule has 0 spiro atoms. The average molecular weight is 431 g/mol. The van der Waals surface area contributed by atoms with Crippen molar-refractivity contribution in [1.29, 1.82) is 0 Å². The molecule has 0 atom stereocenters. The van der Waals surface area contributed by atoms with Gasteiger partial charge < -0.3 is 14.4 Å². The number of ether oxygens (including phenoxy) is 2. The predicted octanol–water partition coefficient (Wildman–Crippen LogP) is 2.97. The van der Waals surface area contributed by atoms with Gasteiger partial charge >= 0.3 is 0 Å². The third kappa shape index (κ3) is 4.15. The van der Waals surface area contributed by atoms with Crippen LogP contribution in [-0.4, -0.2) is 51.5 Å². The largest absolute Gasteiger partial charge is 0.490 e. The van der Waals surface area contributed by atoms with Crippen LogP contribution in [0.3, 0.4) is 0 Å². The van der Waals surface area contributed by atoms with Crippen molar-refractivity contribution < 1.29 is 22.7 Å². The molecule has 0 radical (unpaired) electrons. The molecule has 8 heteroatoms. The Bertz CT molecular complexity index is 1030. The quantitative estimate of drug-likeness (QED) is 0.729. The van der Waals surface area contributed by atoms with Crippen molar-refractivity contribution in [3.8, 4) is 11.5 Å². The molecule has 1 saturated heterocycles. The van der Waals surface area contributed by atoms with Crippen molar-refractivity contribution in [3.05, 3.63) is 48.0 Å². The molecule has 1 fully saturated rings. The summed E-state index contributed by atoms with van der Waals surface area (Å²) in [5.41, 5.74) is 1.42. The predicted molar refractivity (Wildman–Crippen MR) is 114 cm³/mol. The van der Waals surface area contributed by atoms with Crippen LogP contribution in [0.4, 0.5) is 5.69 Å². The third-order valence-corrected chi connectivity index (χ3v) is 7.37. The van der Waals surface area contributed by atoms with E-state index in [1.807, 2.05) is 24.3 Å². The minimum atomic E-state index is -3.49. The zero-order valence-corrected chi connectivity index (χ0v) is 17.9. The van der Waals surface area contributed by atoms with Gasteiger partial charge in [-0.05, 0) is 55.7 Å². The van der Waals surface area contributed by atoms with Gasteiger partial charge in [-0.3, -0.25) is 4.79 Å². The Balaban J connectivity index is 1.44. The van der Waals surface area contributed by atoms with Crippen molar-refractivity contribution in [3.63, 3.8) is 0 Å². The Morgan fingerprint density at radius 1 is 1.07 bits per heavy atom. The smallest absolute Gasteiger partial charge is 0.265 e. The molecule has 30 heavy (non-hydrogen) atoms. The number of amides is 1. The van der Waals surface area contributed by atoms with E-state index < -0.39 is 10.0 Å². The van der Waals surface area contributed by atoms with Gasteiger partial charge in [0.2, 0.25) is 10.0 Å². The lowest BCUT2D eigenvalue weighted by Gasteiger charge is -2.29. The first-order chi connectivity index (χ1) is 14.5. The van der Waals surface area contributed by atoms with E-state index in [2.05, 4.69) is 0 Å². The highest BCUT2D eigenvalue weighted by atomic mass is 32.2. The summed E-state index contributed by atoms with van der Waals surface area (Å²) in [6.07, 6.45) is 2.86. The summed E-state index contributed by atoms with van der Waals surface area (Å²) in [7, 11) is -3.49. The van der Waals surface area contributed by atoms with Crippen molar-refractivity contribution in [2.75, 3.05) is 37.7 Å². The second-order valence-corrected chi connectivity index (χ2v) is 9.48. The van der Waals surface area contributed by atoms with Crippen LogP contribution in [0.2, 0.25) is 0 Å². The second-order valence-electron chi connectivity index (χ2n) is 7.54. The van der Waals surface area contributed by atoms with Crippen LogP contribution in [0.1, 0.15) is 24.8 Å². The van der Waals surface area contributed by atoms with Gasteiger partial charge in [-0.1, -0.05) is 18.6 Å². The number of hydrogen-bond donors (Lipinski definition) is 0. The minimum Gasteiger partial charge on any atom is -0.490 e. The van der Waals surface area contributed by atoms with Crippen molar-refractivity contribution in [1.82, 2.24) is 4.31 Å². The van der Waals surface area contributed by atoms with E-state index in [9.17, 15) is 13.2 Å². The van der Waals surface area contributed by atoms with Crippen LogP contribution in [0.15, 0.2) is 47.4 Å². The summed E-state index contributed by atoms with van der Waals surface area (Å²) < 4.78 is 38.6. The molecule has 0 N–H and O–H groups in total. The second kappa shape index (κ2) is 8.65. The molecular weight excluding hydrogens is 404 g/mol. The van der Waals surface area contributed by atoms with Crippen molar-refractivity contribution in [2.24, 2.45) is 0 Å². The van der Waals surface area contributed by atoms with Crippen LogP contribution in [0.5, 0.6) is 11.5 Å². The van der Waals surface area contributed by atoms with Gasteiger partial charge in [0.1, 0.15) is 18.1 Å². The van der Waals surface area contributed by atoms with Crippen LogP contribution >= 0.6 is 0 Å². The zero-order valence-electron chi connectivity index (χ0n) is 17.0. The van der Waals surface area contributed by atoms with Gasteiger partial charge in [0.15, 0.2) is 6.61 Å². The highest BCUT2D eigenvalue weighted by Gasteiger charge is 2.27. The Morgan fingerprint density at radius 3 is 2.60 bits per heavy atom. The highest BCUT2D eigenvalue weighted by molar-refractivity contribution is 7.89. The topological polar surface area (TPSA) is 76.2 Å². The number of hydrogen-bond acceptors (Lipinski definition) is 5. The number of piperidine rings is 1. The number of carbonyl (C=O) groups is 1. The Hall–Kier alpha value is -2.58. The number of carbonyl (C=O) groups excluding carboxylic acids is 1. The standard InChI is InChI=1S/C22H26N2O5S/c1-17-15-18(30(26,27)23-11-5-2-6-12-23)9-10-20(17)29-16-22(25)24-13-14-28-21-8-4-3-7-19(21)24/h3-4,7-10,15H,2,5-6,11-14,16H2,1H3. The van der Waals surface area contributed by atoms with Crippen LogP contribution in [0, 0.1) is 6.92 Å². The summed E-state index contributed by atoms with van der Waals surface area (Å²) in [5.74, 6) is 1.01. The lowest BCUT2D eigenvalue weighted by Crippen LogP contribution is -2.40. The lowest BCUT2D eigenvalue weighted by molar-refractivity contribution is -0.120. The molecule has 0 saturated carbocycles. The number of benzene rings is 2. The first-order valence-electron chi connectivity index (χ1n) is 10.2. The van der Waals surface area contributed by atoms with Crippen LogP contribution < -0.4 is 14.4 Å². The summed E-state index contributed by atoms with van der Waals surface area (Å²) in [6.45, 7) is 3.69. The molecule has 2 aliphatic rings. The molecule has 7 nitrogen and oxygen atoms in total. The van der Waals surface area contributed by atoms with E-state index in [4.69, 9.17) is 9.47 Å². The molecule has 0 unspecified atom stereocenters. The molecule has 160 valence electrons. The Morgan fingerprint density at radius 2 is 1.83 bits per heavy atom. The molecule has 0 aliphatic carbocycles. The molecule has 2 heterocycles. The molecule has 0 bridgehead atoms. The van der Waals surface area contributed by atoms with Gasteiger partial charge in [-0.15, -0.1) is 0 Å². The molecule has 4 rings (SSSR count). The van der Waals surface area contributed by atoms with E-state index in [1.165, 1.54) is 0 Å². The summed E-state index contributed by atoms with van der Waals surface area (Å²) in [4.78, 5) is 14.6. The number of rotatable bonds is 5. The SMILES string of the molecule is Cc1cc(S(=O)(=O)N2CCCCC2)ccc1OCC(=O)N1CCOc2ccccc21. The average Bonchev–Trinajstić information content (AvgIpc) is 2.78. The Kier molecular flexibility index (Phi) is 5.97. The van der Waals surface area contributed by atoms with Gasteiger partial charge in [0.25, 0.3) is 5.91 Å². The number of nitrogens with zero attached hydrogens (tertiary/aromatic N) is 2. The summed E-state index contributed by atoms with van der Waals surface area (Å²) in [6, 6.07) is 12.2. The first kappa shape index (κ1) is 20.7. The fourth-order valence-corrected chi connectivity index (χ4v) is 5.45. The molecule has 2 aliphatic heterocycles. The monoisotopic (exact) mass is 430 g/mol. The van der Waals surface area contributed by atoms with Crippen molar-refractivity contribution in [2.45, 2.75) is 31.1 Å². The van der Waals surface area contributed by atoms with Crippen LogP contribution in [0.25, 0.3) is 0 Å². The van der Waals surface area contributed by atoms with Gasteiger partial charge in [0.05, 0.1) is 17.1 Å². The van der Waals surface area contributed by atoms with Crippen LogP contribution in [-0.2, 0) is 14.8 Å². The molecular formula is C22H26N2O5S. The maximum Gasteiger partial charge on any atom is 0.265 e. The lowest BCUT2D eigenvalue weighted by atomic mass is 10.2. The molecule has 1 amide bonds.